The Morgan fingerprint density at radius 1 is 1.50 bits per heavy atom. The highest BCUT2D eigenvalue weighted by molar-refractivity contribution is 6.31. The van der Waals surface area contributed by atoms with Crippen molar-refractivity contribution in [1.29, 1.82) is 0 Å². The Labute approximate surface area is 108 Å². The Hall–Kier alpha value is -1.75. The number of hydrogen-bond acceptors (Lipinski definition) is 3. The van der Waals surface area contributed by atoms with Crippen molar-refractivity contribution in [2.75, 3.05) is 0 Å². The lowest BCUT2D eigenvalue weighted by Gasteiger charge is -2.08. The van der Waals surface area contributed by atoms with Gasteiger partial charge in [-0.3, -0.25) is 4.79 Å². The zero-order valence-electron chi connectivity index (χ0n) is 9.73. The van der Waals surface area contributed by atoms with E-state index in [2.05, 4.69) is 10.3 Å². The molecule has 0 saturated carbocycles. The van der Waals surface area contributed by atoms with E-state index in [0.29, 0.717) is 29.0 Å². The molecule has 1 aromatic heterocycles. The standard InChI is InChI=1S/C12H11ClFN3O/c1-2-12-11(7-18)15-16-17(12)6-8-9(13)4-3-5-10(8)14/h3-5,7H,2,6H2,1H3. The van der Waals surface area contributed by atoms with Crippen LogP contribution in [0.1, 0.15) is 28.7 Å². The number of aldehydes is 1. The van der Waals surface area contributed by atoms with Crippen LogP contribution in [0, 0.1) is 5.82 Å². The molecule has 0 fully saturated rings. The molecule has 0 spiro atoms. The molecular formula is C12H11ClFN3O. The zero-order chi connectivity index (χ0) is 13.1. The van der Waals surface area contributed by atoms with E-state index in [1.165, 1.54) is 10.7 Å². The minimum atomic E-state index is -0.396. The van der Waals surface area contributed by atoms with Gasteiger partial charge in [0, 0.05) is 10.6 Å². The van der Waals surface area contributed by atoms with Crippen LogP contribution >= 0.6 is 11.6 Å². The predicted octanol–water partition coefficient (Wildman–Crippen LogP) is 2.49. The second-order valence-electron chi connectivity index (χ2n) is 3.75. The van der Waals surface area contributed by atoms with Gasteiger partial charge in [-0.15, -0.1) is 5.10 Å². The third-order valence-electron chi connectivity index (χ3n) is 2.68. The number of rotatable bonds is 4. The highest BCUT2D eigenvalue weighted by Crippen LogP contribution is 2.20. The summed E-state index contributed by atoms with van der Waals surface area (Å²) in [7, 11) is 0. The summed E-state index contributed by atoms with van der Waals surface area (Å²) < 4.78 is 15.1. The SMILES string of the molecule is CCc1c(C=O)nnn1Cc1c(F)cccc1Cl. The first-order valence-corrected chi connectivity index (χ1v) is 5.85. The lowest BCUT2D eigenvalue weighted by molar-refractivity contribution is 0.111. The third kappa shape index (κ3) is 2.26. The first-order chi connectivity index (χ1) is 8.67. The number of carbonyl (C=O) groups is 1. The summed E-state index contributed by atoms with van der Waals surface area (Å²) >= 11 is 5.94. The molecule has 0 aliphatic rings. The van der Waals surface area contributed by atoms with Crippen LogP contribution in [0.3, 0.4) is 0 Å². The second-order valence-corrected chi connectivity index (χ2v) is 4.16. The molecule has 2 aromatic rings. The van der Waals surface area contributed by atoms with Crippen molar-refractivity contribution >= 4 is 17.9 Å². The van der Waals surface area contributed by atoms with Crippen LogP contribution in [0.25, 0.3) is 0 Å². The molecule has 0 aliphatic heterocycles. The first-order valence-electron chi connectivity index (χ1n) is 5.47. The summed E-state index contributed by atoms with van der Waals surface area (Å²) in [6, 6.07) is 4.49. The van der Waals surface area contributed by atoms with Crippen LogP contribution in [0.5, 0.6) is 0 Å². The average molecular weight is 268 g/mol. The molecule has 4 nitrogen and oxygen atoms in total. The highest BCUT2D eigenvalue weighted by Gasteiger charge is 2.14. The van der Waals surface area contributed by atoms with E-state index < -0.39 is 5.82 Å². The van der Waals surface area contributed by atoms with Crippen molar-refractivity contribution in [2.24, 2.45) is 0 Å². The molecule has 18 heavy (non-hydrogen) atoms. The number of aromatic nitrogens is 3. The van der Waals surface area contributed by atoms with E-state index in [4.69, 9.17) is 11.6 Å². The smallest absolute Gasteiger partial charge is 0.172 e. The maximum atomic E-state index is 13.6. The van der Waals surface area contributed by atoms with Crippen molar-refractivity contribution < 1.29 is 9.18 Å². The van der Waals surface area contributed by atoms with Gasteiger partial charge in [-0.05, 0) is 18.6 Å². The molecule has 0 unspecified atom stereocenters. The molecule has 1 heterocycles. The molecule has 6 heteroatoms. The molecule has 0 N–H and O–H groups in total. The van der Waals surface area contributed by atoms with Gasteiger partial charge in [0.2, 0.25) is 0 Å². The fourth-order valence-corrected chi connectivity index (χ4v) is 1.98. The van der Waals surface area contributed by atoms with Gasteiger partial charge in [-0.25, -0.2) is 9.07 Å². The lowest BCUT2D eigenvalue weighted by atomic mass is 10.2. The minimum absolute atomic E-state index is 0.162. The Morgan fingerprint density at radius 3 is 2.89 bits per heavy atom. The van der Waals surface area contributed by atoms with Crippen molar-refractivity contribution in [2.45, 2.75) is 19.9 Å². The number of nitrogens with zero attached hydrogens (tertiary/aromatic N) is 3. The molecule has 0 bridgehead atoms. The monoisotopic (exact) mass is 267 g/mol. The minimum Gasteiger partial charge on any atom is -0.296 e. The van der Waals surface area contributed by atoms with E-state index in [1.54, 1.807) is 12.1 Å². The Balaban J connectivity index is 2.40. The molecule has 1 aromatic carbocycles. The summed E-state index contributed by atoms with van der Waals surface area (Å²) in [4.78, 5) is 10.8. The highest BCUT2D eigenvalue weighted by atomic mass is 35.5. The molecule has 0 radical (unpaired) electrons. The maximum absolute atomic E-state index is 13.6. The van der Waals surface area contributed by atoms with Gasteiger partial charge in [-0.1, -0.05) is 29.8 Å². The number of hydrogen-bond donors (Lipinski definition) is 0. The van der Waals surface area contributed by atoms with E-state index in [1.807, 2.05) is 6.92 Å². The topological polar surface area (TPSA) is 47.8 Å². The van der Waals surface area contributed by atoms with Crippen molar-refractivity contribution in [3.63, 3.8) is 0 Å². The van der Waals surface area contributed by atoms with Crippen LogP contribution in [0.4, 0.5) is 4.39 Å². The number of carbonyl (C=O) groups excluding carboxylic acids is 1. The fraction of sp³-hybridized carbons (Fsp3) is 0.250. The fourth-order valence-electron chi connectivity index (χ4n) is 1.76. The van der Waals surface area contributed by atoms with Crippen molar-refractivity contribution in [3.8, 4) is 0 Å². The molecule has 0 aliphatic carbocycles. The molecule has 0 saturated heterocycles. The first kappa shape index (κ1) is 12.7. The van der Waals surface area contributed by atoms with Crippen LogP contribution in [-0.2, 0) is 13.0 Å². The molecule has 2 rings (SSSR count). The average Bonchev–Trinajstić information content (AvgIpc) is 2.75. The van der Waals surface area contributed by atoms with Gasteiger partial charge in [-0.2, -0.15) is 0 Å². The third-order valence-corrected chi connectivity index (χ3v) is 3.04. The molecular weight excluding hydrogens is 257 g/mol. The van der Waals surface area contributed by atoms with Crippen molar-refractivity contribution in [3.05, 3.63) is 46.0 Å². The van der Waals surface area contributed by atoms with Gasteiger partial charge >= 0.3 is 0 Å². The van der Waals surface area contributed by atoms with Gasteiger partial charge < -0.3 is 0 Å². The van der Waals surface area contributed by atoms with Gasteiger partial charge in [0.05, 0.1) is 12.2 Å². The van der Waals surface area contributed by atoms with Crippen LogP contribution in [0.15, 0.2) is 18.2 Å². The summed E-state index contributed by atoms with van der Waals surface area (Å²) in [5, 5.41) is 7.92. The van der Waals surface area contributed by atoms with E-state index in [9.17, 15) is 9.18 Å². The predicted molar refractivity (Wildman–Crippen MR) is 65.3 cm³/mol. The Kier molecular flexibility index (Phi) is 3.72. The second kappa shape index (κ2) is 5.27. The largest absolute Gasteiger partial charge is 0.296 e. The summed E-state index contributed by atoms with van der Waals surface area (Å²) in [5.41, 5.74) is 1.30. The van der Waals surface area contributed by atoms with Crippen LogP contribution < -0.4 is 0 Å². The number of benzene rings is 1. The van der Waals surface area contributed by atoms with Gasteiger partial charge in [0.1, 0.15) is 11.5 Å². The quantitative estimate of drug-likeness (QED) is 0.800. The summed E-state index contributed by atoms with van der Waals surface area (Å²) in [6.07, 6.45) is 1.23. The molecule has 0 atom stereocenters. The Morgan fingerprint density at radius 2 is 2.28 bits per heavy atom. The zero-order valence-corrected chi connectivity index (χ0v) is 10.5. The lowest BCUT2D eigenvalue weighted by Crippen LogP contribution is -2.08. The van der Waals surface area contributed by atoms with Gasteiger partial charge in [0.15, 0.2) is 6.29 Å². The van der Waals surface area contributed by atoms with Crippen LogP contribution in [-0.4, -0.2) is 21.3 Å². The normalized spacial score (nSPS) is 10.6. The van der Waals surface area contributed by atoms with E-state index in [-0.39, 0.29) is 12.2 Å². The van der Waals surface area contributed by atoms with E-state index in [0.717, 1.165) is 0 Å². The molecule has 94 valence electrons. The molecule has 0 amide bonds. The Bertz CT molecular complexity index is 562. The number of halogens is 2. The summed E-state index contributed by atoms with van der Waals surface area (Å²) in [5.74, 6) is -0.396. The summed E-state index contributed by atoms with van der Waals surface area (Å²) in [6.45, 7) is 2.04. The van der Waals surface area contributed by atoms with Crippen molar-refractivity contribution in [1.82, 2.24) is 15.0 Å². The van der Waals surface area contributed by atoms with E-state index >= 15 is 0 Å². The van der Waals surface area contributed by atoms with Crippen LogP contribution in [0.2, 0.25) is 5.02 Å². The van der Waals surface area contributed by atoms with Gasteiger partial charge in [0.25, 0.3) is 0 Å². The maximum Gasteiger partial charge on any atom is 0.172 e.